The van der Waals surface area contributed by atoms with Crippen LogP contribution in [0.2, 0.25) is 5.02 Å². The predicted molar refractivity (Wildman–Crippen MR) is 80.0 cm³/mol. The molecule has 0 aliphatic rings. The number of nitrogens with one attached hydrogen (secondary N) is 1. The molecule has 2 rings (SSSR count). The van der Waals surface area contributed by atoms with E-state index in [1.165, 1.54) is 24.7 Å². The first-order valence-corrected chi connectivity index (χ1v) is 6.55. The summed E-state index contributed by atoms with van der Waals surface area (Å²) in [5.74, 6) is 5.65. The van der Waals surface area contributed by atoms with E-state index >= 15 is 0 Å². The van der Waals surface area contributed by atoms with Crippen molar-refractivity contribution in [3.8, 4) is 11.8 Å². The molecule has 5 nitrogen and oxygen atoms in total. The summed E-state index contributed by atoms with van der Waals surface area (Å²) in [6, 6.07) is 4.83. The quantitative estimate of drug-likeness (QED) is 0.852. The van der Waals surface area contributed by atoms with Crippen LogP contribution in [0.1, 0.15) is 22.3 Å². The van der Waals surface area contributed by atoms with Crippen molar-refractivity contribution in [1.82, 2.24) is 9.97 Å². The van der Waals surface area contributed by atoms with Gasteiger partial charge >= 0.3 is 0 Å². The molecular weight excluding hydrogens is 290 g/mol. The molecule has 6 heteroatoms. The minimum Gasteiger partial charge on any atom is -0.395 e. The summed E-state index contributed by atoms with van der Waals surface area (Å²) in [6.07, 6.45) is 4.84. The molecule has 1 aromatic carbocycles. The van der Waals surface area contributed by atoms with Crippen molar-refractivity contribution < 1.29 is 9.90 Å². The van der Waals surface area contributed by atoms with Crippen molar-refractivity contribution in [3.63, 3.8) is 0 Å². The summed E-state index contributed by atoms with van der Waals surface area (Å²) in [7, 11) is 0. The lowest BCUT2D eigenvalue weighted by Gasteiger charge is -2.05. The second kappa shape index (κ2) is 7.39. The summed E-state index contributed by atoms with van der Waals surface area (Å²) >= 11 is 6.08. The average molecular weight is 302 g/mol. The molecular formula is C15H12ClN3O2. The third kappa shape index (κ3) is 4.28. The maximum Gasteiger partial charge on any atom is 0.256 e. The van der Waals surface area contributed by atoms with Gasteiger partial charge in [0.2, 0.25) is 0 Å². The van der Waals surface area contributed by atoms with Crippen LogP contribution in [-0.2, 0) is 0 Å². The van der Waals surface area contributed by atoms with Gasteiger partial charge in [0.15, 0.2) is 5.82 Å². The molecule has 1 heterocycles. The molecule has 0 aliphatic heterocycles. The molecule has 0 atom stereocenters. The lowest BCUT2D eigenvalue weighted by atomic mass is 10.1. The smallest absolute Gasteiger partial charge is 0.256 e. The van der Waals surface area contributed by atoms with Crippen molar-refractivity contribution in [2.45, 2.75) is 6.42 Å². The van der Waals surface area contributed by atoms with E-state index in [1.807, 2.05) is 0 Å². The molecule has 2 N–H and O–H groups in total. The highest BCUT2D eigenvalue weighted by Crippen LogP contribution is 2.17. The van der Waals surface area contributed by atoms with E-state index < -0.39 is 0 Å². The molecule has 0 radical (unpaired) electrons. The number of benzene rings is 1. The second-order valence-corrected chi connectivity index (χ2v) is 4.42. The van der Waals surface area contributed by atoms with E-state index in [0.717, 1.165) is 0 Å². The number of hydrogen-bond acceptors (Lipinski definition) is 4. The lowest BCUT2D eigenvalue weighted by Crippen LogP contribution is -2.13. The number of amides is 1. The summed E-state index contributed by atoms with van der Waals surface area (Å²) < 4.78 is 0. The van der Waals surface area contributed by atoms with Crippen LogP contribution in [0, 0.1) is 11.8 Å². The molecule has 2 aromatic rings. The molecule has 0 bridgehead atoms. The number of hydrogen-bond donors (Lipinski definition) is 2. The number of aliphatic hydroxyl groups is 1. The van der Waals surface area contributed by atoms with Crippen LogP contribution in [0.3, 0.4) is 0 Å². The highest BCUT2D eigenvalue weighted by molar-refractivity contribution is 6.32. The molecule has 0 saturated carbocycles. The van der Waals surface area contributed by atoms with Crippen molar-refractivity contribution in [1.29, 1.82) is 0 Å². The largest absolute Gasteiger partial charge is 0.395 e. The van der Waals surface area contributed by atoms with Gasteiger partial charge < -0.3 is 10.4 Å². The molecule has 0 unspecified atom stereocenters. The van der Waals surface area contributed by atoms with Crippen LogP contribution in [0.15, 0.2) is 36.8 Å². The van der Waals surface area contributed by atoms with Gasteiger partial charge in [-0.25, -0.2) is 4.98 Å². The van der Waals surface area contributed by atoms with Gasteiger partial charge in [-0.2, -0.15) is 0 Å². The number of aromatic nitrogens is 2. The first-order valence-electron chi connectivity index (χ1n) is 6.17. The Bertz CT molecular complexity index is 693. The molecule has 0 fully saturated rings. The number of aliphatic hydroxyl groups excluding tert-OH is 1. The van der Waals surface area contributed by atoms with Gasteiger partial charge in [-0.3, -0.25) is 9.78 Å². The zero-order chi connectivity index (χ0) is 15.1. The standard InChI is InChI=1S/C15H12ClN3O2/c16-13-9-12(5-4-11(13)3-1-2-8-20)15(21)19-14-10-17-6-7-18-14/h4-7,9-10,20H,2,8H2,(H,18,19,21). The van der Waals surface area contributed by atoms with Crippen molar-refractivity contribution in [2.75, 3.05) is 11.9 Å². The zero-order valence-electron chi connectivity index (χ0n) is 11.0. The van der Waals surface area contributed by atoms with Gasteiger partial charge in [-0.15, -0.1) is 0 Å². The third-order valence-corrected chi connectivity index (χ3v) is 2.81. The van der Waals surface area contributed by atoms with Gasteiger partial charge in [0.1, 0.15) is 0 Å². The fourth-order valence-corrected chi connectivity index (χ4v) is 1.75. The highest BCUT2D eigenvalue weighted by Gasteiger charge is 2.09. The molecule has 0 saturated heterocycles. The number of anilines is 1. The Morgan fingerprint density at radius 1 is 1.38 bits per heavy atom. The first-order chi connectivity index (χ1) is 10.2. The molecule has 106 valence electrons. The number of rotatable bonds is 3. The maximum absolute atomic E-state index is 12.0. The van der Waals surface area contributed by atoms with Gasteiger partial charge in [0.25, 0.3) is 5.91 Å². The Morgan fingerprint density at radius 3 is 2.90 bits per heavy atom. The Morgan fingerprint density at radius 2 is 2.24 bits per heavy atom. The van der Waals surface area contributed by atoms with E-state index in [4.69, 9.17) is 16.7 Å². The summed E-state index contributed by atoms with van der Waals surface area (Å²) in [4.78, 5) is 19.9. The van der Waals surface area contributed by atoms with E-state index in [-0.39, 0.29) is 12.5 Å². The molecule has 21 heavy (non-hydrogen) atoms. The fourth-order valence-electron chi connectivity index (χ4n) is 1.52. The van der Waals surface area contributed by atoms with Crippen molar-refractivity contribution in [2.24, 2.45) is 0 Å². The number of carbonyl (C=O) groups is 1. The minimum absolute atomic E-state index is 0.00319. The summed E-state index contributed by atoms with van der Waals surface area (Å²) in [6.45, 7) is 0.00319. The Kier molecular flexibility index (Phi) is 5.27. The Labute approximate surface area is 127 Å². The van der Waals surface area contributed by atoms with Gasteiger partial charge in [-0.05, 0) is 18.2 Å². The third-order valence-electron chi connectivity index (χ3n) is 2.50. The fraction of sp³-hybridized carbons (Fsp3) is 0.133. The van der Waals surface area contributed by atoms with E-state index in [2.05, 4.69) is 27.1 Å². The number of carbonyl (C=O) groups excluding carboxylic acids is 1. The van der Waals surface area contributed by atoms with Crippen LogP contribution in [0.5, 0.6) is 0 Å². The predicted octanol–water partition coefficient (Wildman–Crippen LogP) is 2.12. The molecule has 1 aromatic heterocycles. The van der Waals surface area contributed by atoms with Gasteiger partial charge in [0.05, 0.1) is 17.8 Å². The van der Waals surface area contributed by atoms with Crippen LogP contribution in [0.4, 0.5) is 5.82 Å². The topological polar surface area (TPSA) is 75.1 Å². The van der Waals surface area contributed by atoms with Crippen molar-refractivity contribution >= 4 is 23.3 Å². The summed E-state index contributed by atoms with van der Waals surface area (Å²) in [5.41, 5.74) is 1.01. The normalized spacial score (nSPS) is 9.62. The van der Waals surface area contributed by atoms with Crippen LogP contribution < -0.4 is 5.32 Å². The van der Waals surface area contributed by atoms with Crippen LogP contribution in [0.25, 0.3) is 0 Å². The number of nitrogens with zero attached hydrogens (tertiary/aromatic N) is 2. The van der Waals surface area contributed by atoms with E-state index in [0.29, 0.717) is 28.4 Å². The van der Waals surface area contributed by atoms with Gasteiger partial charge in [0, 0.05) is 29.9 Å². The average Bonchev–Trinajstić information content (AvgIpc) is 2.50. The summed E-state index contributed by atoms with van der Waals surface area (Å²) in [5, 5.41) is 11.7. The Balaban J connectivity index is 2.13. The lowest BCUT2D eigenvalue weighted by molar-refractivity contribution is 0.102. The highest BCUT2D eigenvalue weighted by atomic mass is 35.5. The van der Waals surface area contributed by atoms with Crippen LogP contribution in [-0.4, -0.2) is 27.6 Å². The molecule has 0 spiro atoms. The molecule has 1 amide bonds. The van der Waals surface area contributed by atoms with Crippen LogP contribution >= 0.6 is 11.6 Å². The van der Waals surface area contributed by atoms with E-state index in [9.17, 15) is 4.79 Å². The minimum atomic E-state index is -0.327. The maximum atomic E-state index is 12.0. The SMILES string of the molecule is O=C(Nc1cnccn1)c1ccc(C#CCCO)c(Cl)c1. The van der Waals surface area contributed by atoms with Crippen molar-refractivity contribution in [3.05, 3.63) is 52.9 Å². The monoisotopic (exact) mass is 301 g/mol. The molecule has 0 aliphatic carbocycles. The van der Waals surface area contributed by atoms with E-state index in [1.54, 1.807) is 12.1 Å². The first kappa shape index (κ1) is 15.0. The zero-order valence-corrected chi connectivity index (χ0v) is 11.8. The Hall–Kier alpha value is -2.42. The second-order valence-electron chi connectivity index (χ2n) is 4.01. The van der Waals surface area contributed by atoms with Gasteiger partial charge in [-0.1, -0.05) is 23.4 Å². The number of halogens is 1.